The van der Waals surface area contributed by atoms with Crippen molar-refractivity contribution < 1.29 is 0 Å². The summed E-state index contributed by atoms with van der Waals surface area (Å²) >= 11 is 1.76. The summed E-state index contributed by atoms with van der Waals surface area (Å²) in [5.74, 6) is 0. The maximum atomic E-state index is 2.30. The smallest absolute Gasteiger partial charge is 0.813 e. The van der Waals surface area contributed by atoms with Crippen molar-refractivity contribution in [3.63, 3.8) is 0 Å². The monoisotopic (exact) mass is 556 g/mol. The van der Waals surface area contributed by atoms with Crippen LogP contribution in [0.4, 0.5) is 0 Å². The molecule has 0 aliphatic carbocycles. The fraction of sp³-hybridized carbons (Fsp3) is 1.00. The summed E-state index contributed by atoms with van der Waals surface area (Å²) in [4.78, 5) is 0. The molecule has 4 radical (unpaired) electrons. The van der Waals surface area contributed by atoms with Gasteiger partial charge in [0.2, 0.25) is 0 Å². The number of hydrogen-bond acceptors (Lipinski definition) is 1. The molecule has 0 unspecified atom stereocenters. The van der Waals surface area contributed by atoms with Crippen molar-refractivity contribution in [3.05, 3.63) is 0 Å². The maximum absolute atomic E-state index is 2.30. The fourth-order valence-electron chi connectivity index (χ4n) is 2.36. The van der Waals surface area contributed by atoms with Gasteiger partial charge in [0.1, 0.15) is 0 Å². The average molecular weight is 554 g/mol. The standard InChI is InChI=1S/2C8H17.C4H9.H2S.2Sn/c2*1-3-5-7-8-6-4-2;1-3-4-2;;;/h2*1,3-8H2,2H3;1,3-4H2,2H3;1H2;;/q;;;;;+1/p-1. The molecular weight excluding hydrogens is 510 g/mol. The first kappa shape index (κ1) is 29.7. The molecule has 0 rings (SSSR count). The molecule has 3 heteroatoms. The van der Waals surface area contributed by atoms with Crippen molar-refractivity contribution in [1.29, 1.82) is 0 Å². The molecule has 0 aromatic carbocycles. The minimum Gasteiger partial charge on any atom is -0.813 e. The van der Waals surface area contributed by atoms with Crippen LogP contribution in [0.25, 0.3) is 0 Å². The van der Waals surface area contributed by atoms with Crippen LogP contribution in [-0.4, -0.2) is 43.7 Å². The first-order chi connectivity index (χ1) is 10.8. The van der Waals surface area contributed by atoms with Gasteiger partial charge in [-0.25, -0.2) is 0 Å². The molecule has 23 heavy (non-hydrogen) atoms. The van der Waals surface area contributed by atoms with Crippen LogP contribution in [-0.2, 0) is 13.5 Å². The number of rotatable bonds is 16. The third kappa shape index (κ3) is 35.8. The van der Waals surface area contributed by atoms with Crippen LogP contribution in [0.15, 0.2) is 0 Å². The zero-order valence-corrected chi connectivity index (χ0v) is 23.1. The first-order valence-corrected chi connectivity index (χ1v) is 16.2. The molecule has 0 aliphatic heterocycles. The summed E-state index contributed by atoms with van der Waals surface area (Å²) in [6.45, 7) is 6.83. The summed E-state index contributed by atoms with van der Waals surface area (Å²) in [6, 6.07) is 0. The Kier molecular flexibility index (Phi) is 40.9. The molecule has 0 fully saturated rings. The van der Waals surface area contributed by atoms with Gasteiger partial charge in [0.05, 0.1) is 0 Å². The van der Waals surface area contributed by atoms with Gasteiger partial charge in [-0.05, 0) is 0 Å². The van der Waals surface area contributed by atoms with Gasteiger partial charge in [0.15, 0.2) is 0 Å². The van der Waals surface area contributed by atoms with Crippen molar-refractivity contribution in [2.24, 2.45) is 0 Å². The molecule has 0 amide bonds. The Balaban J connectivity index is -0.000000578. The maximum Gasteiger partial charge on any atom is -0.813 e. The van der Waals surface area contributed by atoms with Gasteiger partial charge < -0.3 is 13.5 Å². The zero-order valence-electron chi connectivity index (χ0n) is 16.5. The van der Waals surface area contributed by atoms with E-state index < -0.39 is 0 Å². The van der Waals surface area contributed by atoms with Gasteiger partial charge in [-0.3, -0.25) is 0 Å². The van der Waals surface area contributed by atoms with Gasteiger partial charge in [0, 0.05) is 0 Å². The van der Waals surface area contributed by atoms with Crippen LogP contribution in [0, 0.1) is 0 Å². The minimum atomic E-state index is 0. The zero-order chi connectivity index (χ0) is 16.7. The van der Waals surface area contributed by atoms with Crippen molar-refractivity contribution in [1.82, 2.24) is 0 Å². The van der Waals surface area contributed by atoms with E-state index in [9.17, 15) is 0 Å². The number of thiol groups is 1. The van der Waals surface area contributed by atoms with E-state index in [1.165, 1.54) is 81.5 Å². The molecule has 0 aromatic rings. The normalized spacial score (nSPS) is 9.87. The second kappa shape index (κ2) is 31.7. The van der Waals surface area contributed by atoms with E-state index in [0.717, 1.165) is 0 Å². The second-order valence-electron chi connectivity index (χ2n) is 6.39. The van der Waals surface area contributed by atoms with E-state index in [1.54, 1.807) is 44.2 Å². The molecule has 0 aliphatic rings. The quantitative estimate of drug-likeness (QED) is 0.0833. The van der Waals surface area contributed by atoms with Crippen LogP contribution >= 0.6 is 0 Å². The van der Waals surface area contributed by atoms with Crippen molar-refractivity contribution in [2.45, 2.75) is 124 Å². The summed E-state index contributed by atoms with van der Waals surface area (Å²) in [5, 5.41) is 0. The Morgan fingerprint density at radius 1 is 0.522 bits per heavy atom. The Bertz CT molecular complexity index is 150. The van der Waals surface area contributed by atoms with E-state index in [4.69, 9.17) is 0 Å². The van der Waals surface area contributed by atoms with Crippen molar-refractivity contribution >= 4 is 57.2 Å². The van der Waals surface area contributed by atoms with Crippen molar-refractivity contribution in [3.8, 4) is 0 Å². The van der Waals surface area contributed by atoms with Gasteiger partial charge in [-0.1, -0.05) is 0 Å². The average Bonchev–Trinajstić information content (AvgIpc) is 2.53. The Labute approximate surface area is 179 Å². The number of hydrogen-bond donors (Lipinski definition) is 0. The molecule has 0 bridgehead atoms. The molecule has 0 atom stereocenters. The summed E-state index contributed by atoms with van der Waals surface area (Å²) in [6.07, 6.45) is 20.6. The fourth-order valence-corrected chi connectivity index (χ4v) is 6.94. The molecule has 0 nitrogen and oxygen atoms in total. The summed E-state index contributed by atoms with van der Waals surface area (Å²) in [5.41, 5.74) is 0. The largest absolute Gasteiger partial charge is 0.813 e. The van der Waals surface area contributed by atoms with Crippen LogP contribution in [0.5, 0.6) is 0 Å². The Morgan fingerprint density at radius 2 is 0.870 bits per heavy atom. The van der Waals surface area contributed by atoms with E-state index >= 15 is 0 Å². The van der Waals surface area contributed by atoms with Gasteiger partial charge in [0.25, 0.3) is 0 Å². The molecule has 0 spiro atoms. The van der Waals surface area contributed by atoms with Gasteiger partial charge >= 0.3 is 168 Å². The number of unbranched alkanes of at least 4 members (excludes halogenated alkanes) is 11. The Hall–Kier alpha value is 1.95. The van der Waals surface area contributed by atoms with Crippen LogP contribution < -0.4 is 0 Å². The van der Waals surface area contributed by atoms with Gasteiger partial charge in [-0.15, -0.1) is 0 Å². The molecule has 0 N–H and O–H groups in total. The van der Waals surface area contributed by atoms with E-state index in [-0.39, 0.29) is 34.6 Å². The van der Waals surface area contributed by atoms with Crippen LogP contribution in [0.3, 0.4) is 0 Å². The predicted molar refractivity (Wildman–Crippen MR) is 116 cm³/mol. The third-order valence-corrected chi connectivity index (χ3v) is 8.99. The third-order valence-electron chi connectivity index (χ3n) is 3.94. The molecule has 0 saturated carbocycles. The summed E-state index contributed by atoms with van der Waals surface area (Å²) < 4.78 is 4.75. The molecule has 138 valence electrons. The summed E-state index contributed by atoms with van der Waals surface area (Å²) in [7, 11) is 0. The molecule has 0 saturated heterocycles. The van der Waals surface area contributed by atoms with E-state index in [1.807, 2.05) is 0 Å². The SMILES string of the molecule is CCCCCCC[CH2][Sn][CH2]CCCCCCC.CCC[CH2][Sn+].[SH-]. The van der Waals surface area contributed by atoms with Crippen LogP contribution in [0.1, 0.15) is 111 Å². The molecule has 0 aromatic heterocycles. The topological polar surface area (TPSA) is 0 Å². The van der Waals surface area contributed by atoms with E-state index in [2.05, 4.69) is 20.8 Å². The predicted octanol–water partition coefficient (Wildman–Crippen LogP) is 7.35. The van der Waals surface area contributed by atoms with Crippen molar-refractivity contribution in [2.75, 3.05) is 0 Å². The minimum absolute atomic E-state index is 0. The van der Waals surface area contributed by atoms with E-state index in [0.29, 0.717) is 0 Å². The molecule has 0 heterocycles. The first-order valence-electron chi connectivity index (χ1n) is 10.2. The second-order valence-corrected chi connectivity index (χ2v) is 12.1. The van der Waals surface area contributed by atoms with Crippen LogP contribution in [0.2, 0.25) is 13.3 Å². The van der Waals surface area contributed by atoms with Gasteiger partial charge in [-0.2, -0.15) is 0 Å². The Morgan fingerprint density at radius 3 is 1.17 bits per heavy atom. The molecular formula is C20H44SSn2.